The van der Waals surface area contributed by atoms with Crippen molar-refractivity contribution in [3.8, 4) is 0 Å². The van der Waals surface area contributed by atoms with Crippen molar-refractivity contribution in [3.05, 3.63) is 23.8 Å². The van der Waals surface area contributed by atoms with Gasteiger partial charge < -0.3 is 4.74 Å². The summed E-state index contributed by atoms with van der Waals surface area (Å²) in [4.78, 5) is 10.2. The molecule has 3 heteroatoms. The maximum absolute atomic E-state index is 10.2. The lowest BCUT2D eigenvalue weighted by Crippen LogP contribution is -1.99. The van der Waals surface area contributed by atoms with Gasteiger partial charge in [0.25, 0.3) is 0 Å². The molecule has 0 saturated heterocycles. The third-order valence-corrected chi connectivity index (χ3v) is 1.46. The highest BCUT2D eigenvalue weighted by Crippen LogP contribution is 2.03. The summed E-state index contributed by atoms with van der Waals surface area (Å²) >= 11 is 5.01. The molecular weight excluding hydrogens is 224 g/mol. The first kappa shape index (κ1) is 20.6. The molecule has 0 aliphatic rings. The van der Waals surface area contributed by atoms with Crippen molar-refractivity contribution in [1.29, 1.82) is 0 Å². The van der Waals surface area contributed by atoms with E-state index in [1.54, 1.807) is 0 Å². The molecule has 0 atom stereocenters. The lowest BCUT2D eigenvalue weighted by atomic mass is 10.2. The molecule has 0 fully saturated rings. The van der Waals surface area contributed by atoms with E-state index in [-0.39, 0.29) is 6.61 Å². The summed E-state index contributed by atoms with van der Waals surface area (Å²) in [5.41, 5.74) is 0.289. The SMILES string of the molecule is C/C=C\C=C(/CC)COC(=O)Cl.CC.CC. The Kier molecular flexibility index (Phi) is 25.5. The minimum atomic E-state index is -0.755. The van der Waals surface area contributed by atoms with Crippen LogP contribution in [0.4, 0.5) is 4.79 Å². The zero-order valence-corrected chi connectivity index (χ0v) is 12.1. The smallest absolute Gasteiger partial charge is 0.404 e. The van der Waals surface area contributed by atoms with Crippen molar-refractivity contribution >= 4 is 17.0 Å². The molecule has 0 amide bonds. The molecule has 0 N–H and O–H groups in total. The molecule has 0 spiro atoms. The van der Waals surface area contributed by atoms with Gasteiger partial charge >= 0.3 is 5.43 Å². The van der Waals surface area contributed by atoms with Crippen LogP contribution in [-0.4, -0.2) is 12.0 Å². The van der Waals surface area contributed by atoms with Crippen LogP contribution in [0.15, 0.2) is 23.8 Å². The Bertz CT molecular complexity index is 196. The summed E-state index contributed by atoms with van der Waals surface area (Å²) in [6.45, 7) is 12.2. The van der Waals surface area contributed by atoms with Crippen LogP contribution in [0.25, 0.3) is 0 Å². The molecule has 0 aromatic carbocycles. The Hall–Kier alpha value is -0.760. The van der Waals surface area contributed by atoms with E-state index in [4.69, 9.17) is 11.6 Å². The topological polar surface area (TPSA) is 26.3 Å². The minimum absolute atomic E-state index is 0.281. The summed E-state index contributed by atoms with van der Waals surface area (Å²) < 4.78 is 4.62. The highest BCUT2D eigenvalue weighted by Gasteiger charge is 1.97. The van der Waals surface area contributed by atoms with Crippen LogP contribution in [0.3, 0.4) is 0 Å². The number of allylic oxidation sites excluding steroid dienone is 3. The van der Waals surface area contributed by atoms with Crippen molar-refractivity contribution in [2.45, 2.75) is 48.0 Å². The Labute approximate surface area is 105 Å². The Balaban J connectivity index is -0.000000376. The molecule has 0 bridgehead atoms. The average Bonchev–Trinajstić information content (AvgIpc) is 2.34. The highest BCUT2D eigenvalue weighted by molar-refractivity contribution is 6.61. The first-order chi connectivity index (χ1) is 7.70. The standard InChI is InChI=1S/C9H13ClO2.2C2H6/c1-3-5-6-8(4-2)7-12-9(10)11;2*1-2/h3,5-6H,4,7H2,1-2H3;2*1-2H3/b5-3-,8-6+;;. The van der Waals surface area contributed by atoms with Crippen molar-refractivity contribution in [1.82, 2.24) is 0 Å². The molecule has 0 rings (SSSR count). The number of rotatable bonds is 4. The van der Waals surface area contributed by atoms with Crippen LogP contribution in [0.5, 0.6) is 0 Å². The predicted molar refractivity (Wildman–Crippen MR) is 73.1 cm³/mol. The van der Waals surface area contributed by atoms with Crippen molar-refractivity contribution < 1.29 is 9.53 Å². The van der Waals surface area contributed by atoms with Gasteiger partial charge in [0.2, 0.25) is 0 Å². The van der Waals surface area contributed by atoms with E-state index < -0.39 is 5.43 Å². The van der Waals surface area contributed by atoms with E-state index in [2.05, 4.69) is 4.74 Å². The van der Waals surface area contributed by atoms with Crippen LogP contribution in [0.2, 0.25) is 0 Å². The first-order valence-corrected chi connectivity index (χ1v) is 6.21. The molecule has 0 radical (unpaired) electrons. The summed E-state index contributed by atoms with van der Waals surface area (Å²) in [6, 6.07) is 0. The average molecular weight is 249 g/mol. The van der Waals surface area contributed by atoms with Gasteiger partial charge in [-0.25, -0.2) is 4.79 Å². The lowest BCUT2D eigenvalue weighted by Gasteiger charge is -2.01. The number of halogens is 1. The molecule has 0 aliphatic heterocycles. The van der Waals surface area contributed by atoms with Crippen molar-refractivity contribution in [3.63, 3.8) is 0 Å². The summed E-state index contributed by atoms with van der Waals surface area (Å²) in [6.07, 6.45) is 6.59. The molecule has 0 unspecified atom stereocenters. The van der Waals surface area contributed by atoms with Crippen LogP contribution in [0, 0.1) is 0 Å². The van der Waals surface area contributed by atoms with Gasteiger partial charge in [-0.1, -0.05) is 52.8 Å². The fourth-order valence-electron chi connectivity index (χ4n) is 0.650. The van der Waals surface area contributed by atoms with Gasteiger partial charge in [0.05, 0.1) is 0 Å². The van der Waals surface area contributed by atoms with E-state index in [0.717, 1.165) is 12.0 Å². The normalized spacial score (nSPS) is 9.81. The van der Waals surface area contributed by atoms with E-state index >= 15 is 0 Å². The van der Waals surface area contributed by atoms with Crippen LogP contribution >= 0.6 is 11.6 Å². The molecule has 16 heavy (non-hydrogen) atoms. The Morgan fingerprint density at radius 1 is 1.25 bits per heavy atom. The van der Waals surface area contributed by atoms with Gasteiger partial charge in [-0.05, 0) is 18.9 Å². The Morgan fingerprint density at radius 2 is 1.75 bits per heavy atom. The fourth-order valence-corrected chi connectivity index (χ4v) is 0.704. The molecule has 0 saturated carbocycles. The molecule has 0 aromatic rings. The first-order valence-electron chi connectivity index (χ1n) is 5.83. The van der Waals surface area contributed by atoms with E-state index in [1.165, 1.54) is 0 Å². The third kappa shape index (κ3) is 18.9. The second-order valence-electron chi connectivity index (χ2n) is 2.23. The molecule has 96 valence electrons. The van der Waals surface area contributed by atoms with Crippen molar-refractivity contribution in [2.75, 3.05) is 6.61 Å². The number of hydrogen-bond donors (Lipinski definition) is 0. The van der Waals surface area contributed by atoms with Gasteiger partial charge in [0, 0.05) is 11.6 Å². The van der Waals surface area contributed by atoms with Gasteiger partial charge in [0.15, 0.2) is 0 Å². The second kappa shape index (κ2) is 19.8. The van der Waals surface area contributed by atoms with Crippen LogP contribution < -0.4 is 0 Å². The zero-order valence-electron chi connectivity index (χ0n) is 11.3. The molecule has 0 heterocycles. The molecule has 0 aromatic heterocycles. The monoisotopic (exact) mass is 248 g/mol. The number of carbonyl (C=O) groups excluding carboxylic acids is 1. The fraction of sp³-hybridized carbons (Fsp3) is 0.615. The number of ether oxygens (including phenoxy) is 1. The van der Waals surface area contributed by atoms with Crippen LogP contribution in [-0.2, 0) is 4.74 Å². The third-order valence-electron chi connectivity index (χ3n) is 1.35. The largest absolute Gasteiger partial charge is 0.449 e. The van der Waals surface area contributed by atoms with E-state index in [9.17, 15) is 4.79 Å². The number of carbonyl (C=O) groups is 1. The summed E-state index contributed by atoms with van der Waals surface area (Å²) in [5, 5.41) is 0. The second-order valence-corrected chi connectivity index (χ2v) is 2.54. The quantitative estimate of drug-likeness (QED) is 0.497. The molecular formula is C13H25ClO2. The summed E-state index contributed by atoms with van der Waals surface area (Å²) in [7, 11) is 0. The van der Waals surface area contributed by atoms with Gasteiger partial charge in [-0.2, -0.15) is 0 Å². The maximum Gasteiger partial charge on any atom is 0.404 e. The van der Waals surface area contributed by atoms with E-state index in [0.29, 0.717) is 0 Å². The molecule has 0 aliphatic carbocycles. The number of hydrogen-bond acceptors (Lipinski definition) is 2. The van der Waals surface area contributed by atoms with Crippen LogP contribution in [0.1, 0.15) is 48.0 Å². The van der Waals surface area contributed by atoms with Crippen molar-refractivity contribution in [2.24, 2.45) is 0 Å². The van der Waals surface area contributed by atoms with Gasteiger partial charge in [-0.3, -0.25) is 0 Å². The lowest BCUT2D eigenvalue weighted by molar-refractivity contribution is 0.182. The maximum atomic E-state index is 10.2. The zero-order chi connectivity index (χ0) is 13.4. The predicted octanol–water partition coefficient (Wildman–Crippen LogP) is 5.33. The Morgan fingerprint density at radius 3 is 2.06 bits per heavy atom. The van der Waals surface area contributed by atoms with Gasteiger partial charge in [0.1, 0.15) is 6.61 Å². The minimum Gasteiger partial charge on any atom is -0.449 e. The van der Waals surface area contributed by atoms with Gasteiger partial charge in [-0.15, -0.1) is 0 Å². The summed E-state index contributed by atoms with van der Waals surface area (Å²) in [5.74, 6) is 0. The highest BCUT2D eigenvalue weighted by atomic mass is 35.5. The molecule has 2 nitrogen and oxygen atoms in total. The van der Waals surface area contributed by atoms with E-state index in [1.807, 2.05) is 59.8 Å².